The van der Waals surface area contributed by atoms with E-state index in [1.165, 1.54) is 6.92 Å². The maximum atomic E-state index is 11.0. The highest BCUT2D eigenvalue weighted by atomic mass is 16.8. The SMILES string of the molecule is Cc1c(-c2[nH]nc(N=O)c2NO)no[n+]1[O-]. The van der Waals surface area contributed by atoms with Gasteiger partial charge in [-0.3, -0.25) is 20.4 Å². The first kappa shape index (κ1) is 10.0. The van der Waals surface area contributed by atoms with Gasteiger partial charge in [0.1, 0.15) is 11.4 Å². The number of rotatable bonds is 3. The zero-order chi connectivity index (χ0) is 11.7. The number of aromatic amines is 1. The maximum Gasteiger partial charge on any atom is 0.271 e. The third kappa shape index (κ3) is 1.28. The topological polar surface area (TPSA) is 143 Å². The Hall–Kier alpha value is -2.49. The molecule has 16 heavy (non-hydrogen) atoms. The average molecular weight is 226 g/mol. The highest BCUT2D eigenvalue weighted by Gasteiger charge is 2.25. The lowest BCUT2D eigenvalue weighted by molar-refractivity contribution is -0.806. The second-order valence-corrected chi connectivity index (χ2v) is 2.86. The second kappa shape index (κ2) is 3.58. The molecule has 0 saturated carbocycles. The summed E-state index contributed by atoms with van der Waals surface area (Å²) in [5, 5.41) is 31.7. The van der Waals surface area contributed by atoms with Crippen molar-refractivity contribution in [3.8, 4) is 11.4 Å². The molecule has 10 heteroatoms. The number of hydrogen-bond acceptors (Lipinski definition) is 8. The molecule has 84 valence electrons. The fourth-order valence-electron chi connectivity index (χ4n) is 1.19. The minimum absolute atomic E-state index is 0.0769. The summed E-state index contributed by atoms with van der Waals surface area (Å²) >= 11 is 0. The van der Waals surface area contributed by atoms with Crippen LogP contribution < -0.4 is 10.4 Å². The zero-order valence-corrected chi connectivity index (χ0v) is 7.96. The van der Waals surface area contributed by atoms with Crippen molar-refractivity contribution in [2.24, 2.45) is 5.18 Å². The molecule has 0 unspecified atom stereocenters. The minimum atomic E-state index is -0.280. The minimum Gasteiger partial charge on any atom is -0.359 e. The lowest BCUT2D eigenvalue weighted by Crippen LogP contribution is -2.25. The number of nitrogens with zero attached hydrogens (tertiary/aromatic N) is 4. The van der Waals surface area contributed by atoms with Crippen molar-refractivity contribution >= 4 is 11.5 Å². The summed E-state index contributed by atoms with van der Waals surface area (Å²) in [4.78, 5) is 10.5. The van der Waals surface area contributed by atoms with Crippen LogP contribution in [0.2, 0.25) is 0 Å². The highest BCUT2D eigenvalue weighted by Crippen LogP contribution is 2.32. The summed E-state index contributed by atoms with van der Waals surface area (Å²) in [5.41, 5.74) is 2.08. The molecule has 10 nitrogen and oxygen atoms in total. The molecule has 0 atom stereocenters. The number of hydrogen-bond donors (Lipinski definition) is 3. The van der Waals surface area contributed by atoms with E-state index in [4.69, 9.17) is 5.21 Å². The molecular formula is C6H6N6O4. The van der Waals surface area contributed by atoms with Crippen molar-refractivity contribution in [3.05, 3.63) is 15.8 Å². The van der Waals surface area contributed by atoms with Crippen LogP contribution in [0.5, 0.6) is 0 Å². The van der Waals surface area contributed by atoms with Crippen LogP contribution in [0.4, 0.5) is 11.5 Å². The molecule has 0 spiro atoms. The van der Waals surface area contributed by atoms with Gasteiger partial charge >= 0.3 is 0 Å². The van der Waals surface area contributed by atoms with Crippen molar-refractivity contribution in [1.29, 1.82) is 0 Å². The molecule has 0 amide bonds. The number of aromatic nitrogens is 4. The van der Waals surface area contributed by atoms with Crippen LogP contribution in [0.15, 0.2) is 9.81 Å². The summed E-state index contributed by atoms with van der Waals surface area (Å²) in [6.45, 7) is 1.45. The molecule has 2 rings (SSSR count). The Bertz CT molecular complexity index is 531. The second-order valence-electron chi connectivity index (χ2n) is 2.86. The normalized spacial score (nSPS) is 10.4. The quantitative estimate of drug-likeness (QED) is 0.385. The molecular weight excluding hydrogens is 220 g/mol. The zero-order valence-electron chi connectivity index (χ0n) is 7.96. The van der Waals surface area contributed by atoms with Crippen molar-refractivity contribution in [2.45, 2.75) is 6.92 Å². The Morgan fingerprint density at radius 2 is 2.44 bits per heavy atom. The van der Waals surface area contributed by atoms with E-state index in [0.29, 0.717) is 0 Å². The van der Waals surface area contributed by atoms with E-state index in [1.54, 1.807) is 5.48 Å². The third-order valence-corrected chi connectivity index (χ3v) is 2.01. The van der Waals surface area contributed by atoms with E-state index in [9.17, 15) is 10.1 Å². The van der Waals surface area contributed by atoms with Crippen molar-refractivity contribution in [3.63, 3.8) is 0 Å². The number of H-pyrrole nitrogens is 1. The predicted molar refractivity (Wildman–Crippen MR) is 48.6 cm³/mol. The summed E-state index contributed by atoms with van der Waals surface area (Å²) < 4.78 is 4.34. The molecule has 0 aromatic carbocycles. The van der Waals surface area contributed by atoms with Crippen LogP contribution in [0.25, 0.3) is 11.4 Å². The predicted octanol–water partition coefficient (Wildman–Crippen LogP) is 0.206. The van der Waals surface area contributed by atoms with E-state index < -0.39 is 0 Å². The molecule has 0 saturated heterocycles. The molecule has 0 aliphatic heterocycles. The summed E-state index contributed by atoms with van der Waals surface area (Å²) in [5.74, 6) is -0.280. The highest BCUT2D eigenvalue weighted by molar-refractivity contribution is 5.79. The molecule has 0 fully saturated rings. The van der Waals surface area contributed by atoms with Crippen molar-refractivity contribution < 1.29 is 14.7 Å². The Morgan fingerprint density at radius 1 is 1.69 bits per heavy atom. The van der Waals surface area contributed by atoms with Gasteiger partial charge in [0.05, 0.1) is 0 Å². The third-order valence-electron chi connectivity index (χ3n) is 2.01. The van der Waals surface area contributed by atoms with E-state index in [2.05, 4.69) is 25.2 Å². The van der Waals surface area contributed by atoms with E-state index in [1.807, 2.05) is 0 Å². The van der Waals surface area contributed by atoms with Crippen molar-refractivity contribution in [2.75, 3.05) is 5.48 Å². The molecule has 2 aromatic heterocycles. The summed E-state index contributed by atoms with van der Waals surface area (Å²) in [6, 6.07) is 0. The Morgan fingerprint density at radius 3 is 2.94 bits per heavy atom. The summed E-state index contributed by atoms with van der Waals surface area (Å²) in [7, 11) is 0. The van der Waals surface area contributed by atoms with Gasteiger partial charge in [0, 0.05) is 12.1 Å². The standard InChI is InChI=1S/C6H6N6O4/c1-2-3(11-16-12(2)15)4-5(9-13)6(10-14)8-7-4/h9,13H,1H3,(H,7,8). The summed E-state index contributed by atoms with van der Waals surface area (Å²) in [6.07, 6.45) is 0. The van der Waals surface area contributed by atoms with Gasteiger partial charge < -0.3 is 5.21 Å². The molecule has 0 bridgehead atoms. The average Bonchev–Trinajstić information content (AvgIpc) is 2.83. The number of anilines is 1. The largest absolute Gasteiger partial charge is 0.359 e. The van der Waals surface area contributed by atoms with Crippen LogP contribution >= 0.6 is 0 Å². The smallest absolute Gasteiger partial charge is 0.271 e. The van der Waals surface area contributed by atoms with Gasteiger partial charge in [-0.2, -0.15) is 0 Å². The first-order valence-electron chi connectivity index (χ1n) is 4.07. The van der Waals surface area contributed by atoms with E-state index in [0.717, 1.165) is 0 Å². The first-order chi connectivity index (χ1) is 7.69. The number of nitroso groups, excluding NO2 is 1. The van der Waals surface area contributed by atoms with Gasteiger partial charge in [0.15, 0.2) is 0 Å². The van der Waals surface area contributed by atoms with Crippen LogP contribution in [-0.2, 0) is 0 Å². The van der Waals surface area contributed by atoms with Gasteiger partial charge in [0.2, 0.25) is 11.5 Å². The molecule has 3 N–H and O–H groups in total. The fraction of sp³-hybridized carbons (Fsp3) is 0.167. The maximum absolute atomic E-state index is 11.0. The Labute approximate surface area is 87.3 Å². The molecule has 0 aliphatic rings. The van der Waals surface area contributed by atoms with Crippen molar-refractivity contribution in [1.82, 2.24) is 15.4 Å². The van der Waals surface area contributed by atoms with Crippen LogP contribution in [0.3, 0.4) is 0 Å². The molecule has 0 aliphatic carbocycles. The van der Waals surface area contributed by atoms with E-state index in [-0.39, 0.29) is 33.5 Å². The fourth-order valence-corrected chi connectivity index (χ4v) is 1.19. The number of nitrogens with one attached hydrogen (secondary N) is 2. The van der Waals surface area contributed by atoms with Crippen LogP contribution in [0.1, 0.15) is 5.69 Å². The van der Waals surface area contributed by atoms with Gasteiger partial charge in [-0.05, 0) is 10.1 Å². The lowest BCUT2D eigenvalue weighted by atomic mass is 10.2. The Balaban J connectivity index is 2.60. The van der Waals surface area contributed by atoms with Gasteiger partial charge in [-0.1, -0.05) is 0 Å². The van der Waals surface area contributed by atoms with E-state index >= 15 is 0 Å². The van der Waals surface area contributed by atoms with Crippen LogP contribution in [-0.4, -0.2) is 20.6 Å². The van der Waals surface area contributed by atoms with Crippen LogP contribution in [0, 0.1) is 17.0 Å². The monoisotopic (exact) mass is 226 g/mol. The van der Waals surface area contributed by atoms with Gasteiger partial charge in [-0.25, -0.2) is 0 Å². The lowest BCUT2D eigenvalue weighted by Gasteiger charge is -1.94. The Kier molecular flexibility index (Phi) is 2.25. The first-order valence-corrected chi connectivity index (χ1v) is 4.07. The van der Waals surface area contributed by atoms with Gasteiger partial charge in [-0.15, -0.1) is 10.0 Å². The molecule has 0 radical (unpaired) electrons. The molecule has 2 heterocycles. The van der Waals surface area contributed by atoms with Gasteiger partial charge in [0.25, 0.3) is 5.69 Å². The molecule has 2 aromatic rings.